The molecule has 2 N–H and O–H groups in total. The first-order chi connectivity index (χ1) is 8.60. The number of carbonyl (C=O) groups is 1. The first kappa shape index (κ1) is 15.8. The standard InChI is InChI=1S/C13H27N3OS/c1-4-16-8-5-6-11(16)10-15(2)13(17)12(14)7-9-18-3/h11-12H,4-10,14H2,1-3H3/t11?,12-/m1/s1. The highest BCUT2D eigenvalue weighted by Crippen LogP contribution is 2.17. The number of nitrogens with zero attached hydrogens (tertiary/aromatic N) is 2. The second-order valence-electron chi connectivity index (χ2n) is 5.03. The maximum atomic E-state index is 12.1. The monoisotopic (exact) mass is 273 g/mol. The lowest BCUT2D eigenvalue weighted by molar-refractivity contribution is -0.131. The smallest absolute Gasteiger partial charge is 0.239 e. The zero-order valence-corrected chi connectivity index (χ0v) is 12.7. The summed E-state index contributed by atoms with van der Waals surface area (Å²) in [5.74, 6) is 1.04. The van der Waals surface area contributed by atoms with Gasteiger partial charge in [0.1, 0.15) is 0 Å². The number of rotatable bonds is 7. The van der Waals surface area contributed by atoms with Crippen LogP contribution in [0.1, 0.15) is 26.2 Å². The zero-order chi connectivity index (χ0) is 13.5. The van der Waals surface area contributed by atoms with Crippen molar-refractivity contribution >= 4 is 17.7 Å². The predicted molar refractivity (Wildman–Crippen MR) is 78.9 cm³/mol. The van der Waals surface area contributed by atoms with Gasteiger partial charge in [0.2, 0.25) is 5.91 Å². The van der Waals surface area contributed by atoms with Gasteiger partial charge in [-0.25, -0.2) is 0 Å². The Morgan fingerprint density at radius 3 is 2.94 bits per heavy atom. The van der Waals surface area contributed by atoms with Crippen LogP contribution in [0.15, 0.2) is 0 Å². The summed E-state index contributed by atoms with van der Waals surface area (Å²) >= 11 is 1.74. The van der Waals surface area contributed by atoms with E-state index >= 15 is 0 Å². The molecule has 2 atom stereocenters. The van der Waals surface area contributed by atoms with E-state index in [-0.39, 0.29) is 11.9 Å². The van der Waals surface area contributed by atoms with E-state index in [1.165, 1.54) is 19.4 Å². The molecule has 0 aromatic heterocycles. The van der Waals surface area contributed by atoms with Crippen LogP contribution < -0.4 is 5.73 Å². The van der Waals surface area contributed by atoms with Gasteiger partial charge in [-0.15, -0.1) is 0 Å². The Balaban J connectivity index is 2.39. The number of hydrogen-bond acceptors (Lipinski definition) is 4. The van der Waals surface area contributed by atoms with Gasteiger partial charge < -0.3 is 10.6 Å². The summed E-state index contributed by atoms with van der Waals surface area (Å²) < 4.78 is 0. The third-order valence-corrected chi connectivity index (χ3v) is 4.36. The molecular weight excluding hydrogens is 246 g/mol. The second-order valence-corrected chi connectivity index (χ2v) is 6.02. The molecule has 0 aromatic rings. The fraction of sp³-hybridized carbons (Fsp3) is 0.923. The van der Waals surface area contributed by atoms with Gasteiger partial charge in [0.15, 0.2) is 0 Å². The van der Waals surface area contributed by atoms with E-state index < -0.39 is 0 Å². The van der Waals surface area contributed by atoms with E-state index in [0.29, 0.717) is 6.04 Å². The van der Waals surface area contributed by atoms with Crippen LogP contribution in [0.3, 0.4) is 0 Å². The molecule has 4 nitrogen and oxygen atoms in total. The Bertz CT molecular complexity index is 263. The molecule has 106 valence electrons. The minimum atomic E-state index is -0.334. The maximum absolute atomic E-state index is 12.1. The van der Waals surface area contributed by atoms with Gasteiger partial charge in [0.25, 0.3) is 0 Å². The van der Waals surface area contributed by atoms with E-state index in [4.69, 9.17) is 5.73 Å². The lowest BCUT2D eigenvalue weighted by atomic mass is 10.1. The number of likely N-dealkylation sites (tertiary alicyclic amines) is 1. The first-order valence-electron chi connectivity index (χ1n) is 6.83. The van der Waals surface area contributed by atoms with Crippen molar-refractivity contribution in [2.24, 2.45) is 5.73 Å². The van der Waals surface area contributed by atoms with Gasteiger partial charge in [-0.2, -0.15) is 11.8 Å². The molecule has 0 aromatic carbocycles. The normalized spacial score (nSPS) is 22.1. The molecule has 1 fully saturated rings. The summed E-state index contributed by atoms with van der Waals surface area (Å²) in [6.45, 7) is 5.25. The van der Waals surface area contributed by atoms with Crippen molar-refractivity contribution < 1.29 is 4.79 Å². The Labute approximate surface area is 115 Å². The van der Waals surface area contributed by atoms with Gasteiger partial charge in [-0.1, -0.05) is 6.92 Å². The lowest BCUT2D eigenvalue weighted by Gasteiger charge is -2.29. The minimum Gasteiger partial charge on any atom is -0.343 e. The van der Waals surface area contributed by atoms with Gasteiger partial charge >= 0.3 is 0 Å². The largest absolute Gasteiger partial charge is 0.343 e. The van der Waals surface area contributed by atoms with Crippen LogP contribution in [-0.2, 0) is 4.79 Å². The molecule has 1 aliphatic heterocycles. The van der Waals surface area contributed by atoms with Gasteiger partial charge in [-0.3, -0.25) is 9.69 Å². The molecule has 5 heteroatoms. The van der Waals surface area contributed by atoms with E-state index in [0.717, 1.165) is 25.3 Å². The predicted octanol–water partition coefficient (Wildman–Crippen LogP) is 1.01. The van der Waals surface area contributed by atoms with E-state index in [2.05, 4.69) is 11.8 Å². The molecule has 0 aliphatic carbocycles. The van der Waals surface area contributed by atoms with Gasteiger partial charge in [-0.05, 0) is 44.4 Å². The Kier molecular flexibility index (Phi) is 7.04. The van der Waals surface area contributed by atoms with Crippen LogP contribution in [-0.4, -0.2) is 66.5 Å². The third kappa shape index (κ3) is 4.44. The van der Waals surface area contributed by atoms with Crippen molar-refractivity contribution in [3.63, 3.8) is 0 Å². The quantitative estimate of drug-likeness (QED) is 0.752. The average Bonchev–Trinajstić information content (AvgIpc) is 2.81. The van der Waals surface area contributed by atoms with Gasteiger partial charge in [0.05, 0.1) is 6.04 Å². The van der Waals surface area contributed by atoms with Crippen molar-refractivity contribution in [1.29, 1.82) is 0 Å². The summed E-state index contributed by atoms with van der Waals surface area (Å²) in [6.07, 6.45) is 5.26. The topological polar surface area (TPSA) is 49.6 Å². The van der Waals surface area contributed by atoms with Crippen LogP contribution in [0.2, 0.25) is 0 Å². The number of amides is 1. The molecule has 1 rings (SSSR count). The molecule has 1 heterocycles. The summed E-state index contributed by atoms with van der Waals surface area (Å²) in [4.78, 5) is 16.4. The van der Waals surface area contributed by atoms with Crippen LogP contribution in [0, 0.1) is 0 Å². The highest BCUT2D eigenvalue weighted by atomic mass is 32.2. The molecule has 0 bridgehead atoms. The highest BCUT2D eigenvalue weighted by Gasteiger charge is 2.27. The van der Waals surface area contributed by atoms with Crippen LogP contribution in [0.25, 0.3) is 0 Å². The lowest BCUT2D eigenvalue weighted by Crippen LogP contribution is -2.47. The molecular formula is C13H27N3OS. The number of carbonyl (C=O) groups excluding carboxylic acids is 1. The number of likely N-dealkylation sites (N-methyl/N-ethyl adjacent to an activating group) is 2. The fourth-order valence-corrected chi connectivity index (χ4v) is 3.07. The molecule has 1 unspecified atom stereocenters. The minimum absolute atomic E-state index is 0.0898. The van der Waals surface area contributed by atoms with Crippen molar-refractivity contribution in [3.8, 4) is 0 Å². The molecule has 0 spiro atoms. The first-order valence-corrected chi connectivity index (χ1v) is 8.23. The SMILES string of the molecule is CCN1CCCC1CN(C)C(=O)[C@H](N)CCSC. The molecule has 1 aliphatic rings. The summed E-state index contributed by atoms with van der Waals surface area (Å²) in [6, 6.07) is 0.190. The molecule has 0 saturated carbocycles. The van der Waals surface area contributed by atoms with Crippen molar-refractivity contribution in [3.05, 3.63) is 0 Å². The second kappa shape index (κ2) is 8.02. The Hall–Kier alpha value is -0.260. The third-order valence-electron chi connectivity index (χ3n) is 3.72. The van der Waals surface area contributed by atoms with Crippen molar-refractivity contribution in [2.45, 2.75) is 38.3 Å². The fourth-order valence-electron chi connectivity index (χ4n) is 2.58. The Morgan fingerprint density at radius 1 is 1.61 bits per heavy atom. The molecule has 1 amide bonds. The number of nitrogens with two attached hydrogens (primary N) is 1. The van der Waals surface area contributed by atoms with Crippen LogP contribution >= 0.6 is 11.8 Å². The van der Waals surface area contributed by atoms with Gasteiger partial charge in [0, 0.05) is 19.6 Å². The van der Waals surface area contributed by atoms with Crippen LogP contribution in [0.5, 0.6) is 0 Å². The summed E-state index contributed by atoms with van der Waals surface area (Å²) in [5.41, 5.74) is 5.93. The highest BCUT2D eigenvalue weighted by molar-refractivity contribution is 7.98. The molecule has 18 heavy (non-hydrogen) atoms. The van der Waals surface area contributed by atoms with Crippen molar-refractivity contribution in [2.75, 3.05) is 38.7 Å². The van der Waals surface area contributed by atoms with Crippen LogP contribution in [0.4, 0.5) is 0 Å². The Morgan fingerprint density at radius 2 is 2.33 bits per heavy atom. The zero-order valence-electron chi connectivity index (χ0n) is 11.9. The molecule has 1 saturated heterocycles. The number of thioether (sulfide) groups is 1. The van der Waals surface area contributed by atoms with Crippen molar-refractivity contribution in [1.82, 2.24) is 9.80 Å². The van der Waals surface area contributed by atoms with E-state index in [1.807, 2.05) is 18.2 Å². The summed E-state index contributed by atoms with van der Waals surface area (Å²) in [5, 5.41) is 0. The molecule has 0 radical (unpaired) electrons. The summed E-state index contributed by atoms with van der Waals surface area (Å²) in [7, 11) is 1.88. The number of hydrogen-bond donors (Lipinski definition) is 1. The average molecular weight is 273 g/mol. The maximum Gasteiger partial charge on any atom is 0.239 e. The van der Waals surface area contributed by atoms with E-state index in [9.17, 15) is 4.79 Å². The van der Waals surface area contributed by atoms with E-state index in [1.54, 1.807) is 11.8 Å².